The zero-order valence-electron chi connectivity index (χ0n) is 11.6. The lowest BCUT2D eigenvalue weighted by atomic mass is 10.2. The molecule has 0 saturated carbocycles. The Kier molecular flexibility index (Phi) is 6.29. The maximum Gasteiger partial charge on any atom is 0.258 e. The normalized spacial score (nSPS) is 12.0. The van der Waals surface area contributed by atoms with E-state index in [1.165, 1.54) is 6.07 Å². The van der Waals surface area contributed by atoms with Crippen molar-refractivity contribution in [2.45, 2.75) is 32.9 Å². The van der Waals surface area contributed by atoms with E-state index in [1.807, 2.05) is 13.8 Å². The van der Waals surface area contributed by atoms with Crippen LogP contribution in [-0.4, -0.2) is 25.6 Å². The molecule has 0 fully saturated rings. The highest BCUT2D eigenvalue weighted by molar-refractivity contribution is 5.77. The van der Waals surface area contributed by atoms with E-state index < -0.39 is 5.82 Å². The Morgan fingerprint density at radius 2 is 2.21 bits per heavy atom. The first-order valence-corrected chi connectivity index (χ1v) is 6.42. The second kappa shape index (κ2) is 7.74. The summed E-state index contributed by atoms with van der Waals surface area (Å²) in [4.78, 5) is 11.5. The van der Waals surface area contributed by atoms with E-state index in [-0.39, 0.29) is 24.3 Å². The fourth-order valence-corrected chi connectivity index (χ4v) is 1.54. The zero-order valence-corrected chi connectivity index (χ0v) is 11.6. The summed E-state index contributed by atoms with van der Waals surface area (Å²) in [5, 5.41) is 5.69. The maximum atomic E-state index is 13.7. The molecule has 19 heavy (non-hydrogen) atoms. The molecule has 1 aromatic carbocycles. The quantitative estimate of drug-likeness (QED) is 0.793. The molecule has 0 spiro atoms. The predicted molar refractivity (Wildman–Crippen MR) is 72.6 cm³/mol. The van der Waals surface area contributed by atoms with Crippen LogP contribution in [0, 0.1) is 5.82 Å². The molecule has 0 aliphatic carbocycles. The third-order valence-electron chi connectivity index (χ3n) is 2.76. The Morgan fingerprint density at radius 1 is 1.47 bits per heavy atom. The Balaban J connectivity index is 2.51. The van der Waals surface area contributed by atoms with E-state index in [2.05, 4.69) is 10.6 Å². The standard InChI is InChI=1S/C14H21FN2O2/c1-4-10(2)17-14(18)9-19-13-6-5-11(8-16-3)7-12(13)15/h5-7,10,16H,4,8-9H2,1-3H3,(H,17,18). The number of amides is 1. The highest BCUT2D eigenvalue weighted by Crippen LogP contribution is 2.18. The molecule has 0 radical (unpaired) electrons. The third-order valence-corrected chi connectivity index (χ3v) is 2.76. The topological polar surface area (TPSA) is 50.4 Å². The lowest BCUT2D eigenvalue weighted by Crippen LogP contribution is -2.35. The summed E-state index contributed by atoms with van der Waals surface area (Å²) < 4.78 is 18.8. The van der Waals surface area contributed by atoms with E-state index >= 15 is 0 Å². The summed E-state index contributed by atoms with van der Waals surface area (Å²) in [5.74, 6) is -0.601. The van der Waals surface area contributed by atoms with Gasteiger partial charge in [0, 0.05) is 12.6 Å². The van der Waals surface area contributed by atoms with Crippen LogP contribution >= 0.6 is 0 Å². The van der Waals surface area contributed by atoms with Gasteiger partial charge in [-0.3, -0.25) is 4.79 Å². The zero-order chi connectivity index (χ0) is 14.3. The van der Waals surface area contributed by atoms with Gasteiger partial charge in [0.15, 0.2) is 18.2 Å². The lowest BCUT2D eigenvalue weighted by Gasteiger charge is -2.12. The molecule has 0 bridgehead atoms. The molecule has 1 atom stereocenters. The number of halogens is 1. The fourth-order valence-electron chi connectivity index (χ4n) is 1.54. The van der Waals surface area contributed by atoms with Gasteiger partial charge in [0.25, 0.3) is 5.91 Å². The minimum atomic E-state index is -0.455. The Morgan fingerprint density at radius 3 is 2.79 bits per heavy atom. The number of nitrogens with one attached hydrogen (secondary N) is 2. The van der Waals surface area contributed by atoms with Crippen LogP contribution in [0.25, 0.3) is 0 Å². The predicted octanol–water partition coefficient (Wildman–Crippen LogP) is 1.84. The van der Waals surface area contributed by atoms with E-state index in [1.54, 1.807) is 19.2 Å². The van der Waals surface area contributed by atoms with Gasteiger partial charge in [-0.25, -0.2) is 4.39 Å². The molecule has 0 aromatic heterocycles. The number of ether oxygens (including phenoxy) is 1. The van der Waals surface area contributed by atoms with Crippen molar-refractivity contribution >= 4 is 5.91 Å². The average molecular weight is 268 g/mol. The van der Waals surface area contributed by atoms with Crippen molar-refractivity contribution in [1.29, 1.82) is 0 Å². The van der Waals surface area contributed by atoms with Gasteiger partial charge in [0.2, 0.25) is 0 Å². The summed E-state index contributed by atoms with van der Waals surface area (Å²) >= 11 is 0. The van der Waals surface area contributed by atoms with Gasteiger partial charge in [-0.15, -0.1) is 0 Å². The fraction of sp³-hybridized carbons (Fsp3) is 0.500. The number of carbonyl (C=O) groups excluding carboxylic acids is 1. The summed E-state index contributed by atoms with van der Waals surface area (Å²) in [6, 6.07) is 4.80. The molecule has 5 heteroatoms. The summed E-state index contributed by atoms with van der Waals surface area (Å²) in [6.07, 6.45) is 0.846. The average Bonchev–Trinajstić information content (AvgIpc) is 2.38. The van der Waals surface area contributed by atoms with Crippen LogP contribution in [0.15, 0.2) is 18.2 Å². The first kappa shape index (κ1) is 15.4. The smallest absolute Gasteiger partial charge is 0.258 e. The molecule has 0 aliphatic rings. The van der Waals surface area contributed by atoms with Crippen molar-refractivity contribution in [2.75, 3.05) is 13.7 Å². The number of hydrogen-bond donors (Lipinski definition) is 2. The Hall–Kier alpha value is -1.62. The molecule has 0 aliphatic heterocycles. The van der Waals surface area contributed by atoms with Crippen LogP contribution in [0.3, 0.4) is 0 Å². The number of carbonyl (C=O) groups is 1. The summed E-state index contributed by atoms with van der Waals surface area (Å²) in [6.45, 7) is 4.30. The van der Waals surface area contributed by atoms with Gasteiger partial charge < -0.3 is 15.4 Å². The monoisotopic (exact) mass is 268 g/mol. The maximum absolute atomic E-state index is 13.7. The second-order valence-electron chi connectivity index (χ2n) is 4.46. The van der Waals surface area contributed by atoms with Crippen molar-refractivity contribution < 1.29 is 13.9 Å². The first-order valence-electron chi connectivity index (χ1n) is 6.42. The molecule has 0 saturated heterocycles. The number of rotatable bonds is 7. The van der Waals surface area contributed by atoms with E-state index in [0.717, 1.165) is 12.0 Å². The molecule has 4 nitrogen and oxygen atoms in total. The first-order chi connectivity index (χ1) is 9.06. The molecule has 1 rings (SSSR count). The third kappa shape index (κ3) is 5.26. The van der Waals surface area contributed by atoms with E-state index in [4.69, 9.17) is 4.74 Å². The molecular weight excluding hydrogens is 247 g/mol. The largest absolute Gasteiger partial charge is 0.481 e. The van der Waals surface area contributed by atoms with Gasteiger partial charge >= 0.3 is 0 Å². The van der Waals surface area contributed by atoms with Gasteiger partial charge in [-0.05, 0) is 38.1 Å². The van der Waals surface area contributed by atoms with Crippen molar-refractivity contribution in [3.63, 3.8) is 0 Å². The van der Waals surface area contributed by atoms with Crippen molar-refractivity contribution in [2.24, 2.45) is 0 Å². The van der Waals surface area contributed by atoms with Crippen LogP contribution in [0.1, 0.15) is 25.8 Å². The number of hydrogen-bond acceptors (Lipinski definition) is 3. The van der Waals surface area contributed by atoms with Crippen LogP contribution in [0.4, 0.5) is 4.39 Å². The van der Waals surface area contributed by atoms with Crippen molar-refractivity contribution in [1.82, 2.24) is 10.6 Å². The van der Waals surface area contributed by atoms with Gasteiger partial charge in [-0.1, -0.05) is 13.0 Å². The molecule has 106 valence electrons. The molecule has 1 aromatic rings. The lowest BCUT2D eigenvalue weighted by molar-refractivity contribution is -0.123. The van der Waals surface area contributed by atoms with Crippen LogP contribution in [0.5, 0.6) is 5.75 Å². The number of benzene rings is 1. The minimum absolute atomic E-state index is 0.0963. The summed E-state index contributed by atoms with van der Waals surface area (Å²) in [5.41, 5.74) is 0.830. The molecule has 1 amide bonds. The Labute approximate surface area is 113 Å². The van der Waals surface area contributed by atoms with Crippen LogP contribution < -0.4 is 15.4 Å². The van der Waals surface area contributed by atoms with E-state index in [0.29, 0.717) is 6.54 Å². The van der Waals surface area contributed by atoms with Gasteiger partial charge in [-0.2, -0.15) is 0 Å². The van der Waals surface area contributed by atoms with Gasteiger partial charge in [0.05, 0.1) is 0 Å². The highest BCUT2D eigenvalue weighted by atomic mass is 19.1. The van der Waals surface area contributed by atoms with Crippen molar-refractivity contribution in [3.05, 3.63) is 29.6 Å². The van der Waals surface area contributed by atoms with Crippen LogP contribution in [0.2, 0.25) is 0 Å². The van der Waals surface area contributed by atoms with E-state index in [9.17, 15) is 9.18 Å². The minimum Gasteiger partial charge on any atom is -0.481 e. The van der Waals surface area contributed by atoms with Crippen LogP contribution in [-0.2, 0) is 11.3 Å². The second-order valence-corrected chi connectivity index (χ2v) is 4.46. The van der Waals surface area contributed by atoms with Crippen molar-refractivity contribution in [3.8, 4) is 5.75 Å². The molecular formula is C14H21FN2O2. The molecule has 2 N–H and O–H groups in total. The highest BCUT2D eigenvalue weighted by Gasteiger charge is 2.09. The van der Waals surface area contributed by atoms with Gasteiger partial charge in [0.1, 0.15) is 0 Å². The summed E-state index contributed by atoms with van der Waals surface area (Å²) in [7, 11) is 1.79. The molecule has 1 unspecified atom stereocenters. The Bertz CT molecular complexity index is 424. The molecule has 0 heterocycles. The SMILES string of the molecule is CCC(C)NC(=O)COc1ccc(CNC)cc1F.